The van der Waals surface area contributed by atoms with Crippen molar-refractivity contribution in [2.24, 2.45) is 5.92 Å². The van der Waals surface area contributed by atoms with E-state index in [0.717, 1.165) is 6.29 Å². The molecule has 4 nitrogen and oxygen atoms in total. The number of aldehydes is 1. The van der Waals surface area contributed by atoms with Crippen LogP contribution in [0.2, 0.25) is 0 Å². The third-order valence-electron chi connectivity index (χ3n) is 2.80. The van der Waals surface area contributed by atoms with Gasteiger partial charge in [-0.05, 0) is 13.8 Å². The highest BCUT2D eigenvalue weighted by Gasteiger charge is 2.60. The van der Waals surface area contributed by atoms with Crippen molar-refractivity contribution >= 4 is 6.29 Å². The lowest BCUT2D eigenvalue weighted by Crippen LogP contribution is -2.59. The molecule has 4 heteroatoms. The Labute approximate surface area is 70.9 Å². The highest BCUT2D eigenvalue weighted by atomic mass is 16.6. The van der Waals surface area contributed by atoms with E-state index in [4.69, 9.17) is 4.74 Å². The molecule has 0 spiro atoms. The molecule has 0 aromatic rings. The Bertz CT molecular complexity index is 216. The summed E-state index contributed by atoms with van der Waals surface area (Å²) in [5, 5.41) is 12.1. The Kier molecular flexibility index (Phi) is 1.55. The van der Waals surface area contributed by atoms with Crippen molar-refractivity contribution in [3.05, 3.63) is 0 Å². The van der Waals surface area contributed by atoms with Crippen LogP contribution < -0.4 is 5.32 Å². The van der Waals surface area contributed by atoms with Gasteiger partial charge < -0.3 is 14.6 Å². The van der Waals surface area contributed by atoms with E-state index >= 15 is 0 Å². The second kappa shape index (κ2) is 2.28. The summed E-state index contributed by atoms with van der Waals surface area (Å²) in [6, 6.07) is -0.256. The molecule has 2 aliphatic rings. The van der Waals surface area contributed by atoms with Gasteiger partial charge in [-0.2, -0.15) is 0 Å². The first kappa shape index (κ1) is 8.16. The molecule has 68 valence electrons. The number of carbonyl (C=O) groups is 1. The molecule has 2 N–H and O–H groups in total. The Hall–Kier alpha value is -0.450. The van der Waals surface area contributed by atoms with E-state index < -0.39 is 6.23 Å². The fraction of sp³-hybridized carbons (Fsp3) is 0.875. The normalized spacial score (nSPS) is 49.6. The van der Waals surface area contributed by atoms with Gasteiger partial charge >= 0.3 is 0 Å². The molecule has 0 aromatic carbocycles. The van der Waals surface area contributed by atoms with E-state index in [0.29, 0.717) is 0 Å². The van der Waals surface area contributed by atoms with Crippen LogP contribution in [0, 0.1) is 5.92 Å². The number of aliphatic hydroxyl groups is 1. The summed E-state index contributed by atoms with van der Waals surface area (Å²) in [5.41, 5.74) is -0.277. The molecule has 2 rings (SSSR count). The number of ether oxygens (including phenoxy) is 1. The highest BCUT2D eigenvalue weighted by Crippen LogP contribution is 2.45. The van der Waals surface area contributed by atoms with Crippen LogP contribution in [0.3, 0.4) is 0 Å². The molecule has 0 radical (unpaired) electrons. The lowest BCUT2D eigenvalue weighted by atomic mass is 9.77. The third kappa shape index (κ3) is 0.856. The van der Waals surface area contributed by atoms with Crippen molar-refractivity contribution in [1.82, 2.24) is 5.32 Å². The number of hydrogen-bond acceptors (Lipinski definition) is 4. The van der Waals surface area contributed by atoms with Crippen molar-refractivity contribution in [3.8, 4) is 0 Å². The highest BCUT2D eigenvalue weighted by molar-refractivity contribution is 5.60. The van der Waals surface area contributed by atoms with Crippen LogP contribution in [0.5, 0.6) is 0 Å². The average molecular weight is 171 g/mol. The van der Waals surface area contributed by atoms with Crippen LogP contribution in [0.25, 0.3) is 0 Å². The van der Waals surface area contributed by atoms with E-state index in [-0.39, 0.29) is 23.7 Å². The molecule has 2 saturated heterocycles. The second-order valence-electron chi connectivity index (χ2n) is 3.99. The van der Waals surface area contributed by atoms with Crippen molar-refractivity contribution in [2.75, 3.05) is 0 Å². The first-order valence-electron chi connectivity index (χ1n) is 4.13. The van der Waals surface area contributed by atoms with Crippen LogP contribution in [0.15, 0.2) is 0 Å². The zero-order valence-electron chi connectivity index (χ0n) is 7.15. The number of hydrogen-bond donors (Lipinski definition) is 2. The fourth-order valence-electron chi connectivity index (χ4n) is 2.24. The van der Waals surface area contributed by atoms with Gasteiger partial charge in [0, 0.05) is 5.92 Å². The Balaban J connectivity index is 2.18. The van der Waals surface area contributed by atoms with Crippen molar-refractivity contribution in [1.29, 1.82) is 0 Å². The minimum atomic E-state index is -0.682. The Morgan fingerprint density at radius 2 is 2.25 bits per heavy atom. The van der Waals surface area contributed by atoms with Gasteiger partial charge in [-0.1, -0.05) is 0 Å². The first-order chi connectivity index (χ1) is 5.56. The zero-order valence-corrected chi connectivity index (χ0v) is 7.15. The molecule has 0 saturated carbocycles. The molecule has 1 unspecified atom stereocenters. The lowest BCUT2D eigenvalue weighted by Gasteiger charge is -2.49. The summed E-state index contributed by atoms with van der Waals surface area (Å²) >= 11 is 0. The molecule has 0 amide bonds. The molecule has 12 heavy (non-hydrogen) atoms. The molecule has 2 heterocycles. The van der Waals surface area contributed by atoms with Crippen molar-refractivity contribution < 1.29 is 14.6 Å². The lowest BCUT2D eigenvalue weighted by molar-refractivity contribution is -0.250. The van der Waals surface area contributed by atoms with Crippen LogP contribution >= 0.6 is 0 Å². The van der Waals surface area contributed by atoms with Crippen LogP contribution in [0.4, 0.5) is 0 Å². The predicted octanol–water partition coefficient (Wildman–Crippen LogP) is -0.731. The first-order valence-corrected chi connectivity index (χ1v) is 4.13. The second-order valence-corrected chi connectivity index (χ2v) is 3.99. The summed E-state index contributed by atoms with van der Waals surface area (Å²) < 4.78 is 5.42. The quantitative estimate of drug-likeness (QED) is 0.511. The van der Waals surface area contributed by atoms with Crippen molar-refractivity contribution in [3.63, 3.8) is 0 Å². The molecule has 4 atom stereocenters. The molecular weight excluding hydrogens is 158 g/mol. The molecule has 2 fully saturated rings. The predicted molar refractivity (Wildman–Crippen MR) is 41.4 cm³/mol. The maximum Gasteiger partial charge on any atom is 0.137 e. The van der Waals surface area contributed by atoms with Gasteiger partial charge in [0.15, 0.2) is 0 Å². The van der Waals surface area contributed by atoms with Crippen molar-refractivity contribution in [2.45, 2.75) is 37.8 Å². The molecule has 0 bridgehead atoms. The number of aliphatic hydroxyl groups excluding tert-OH is 1. The SMILES string of the molecule is CC1(C)O[C@H]2C(O)N[C@H](C=O)[C@H]21. The fourth-order valence-corrected chi connectivity index (χ4v) is 2.24. The summed E-state index contributed by atoms with van der Waals surface area (Å²) in [6.07, 6.45) is -0.0357. The van der Waals surface area contributed by atoms with E-state index in [1.165, 1.54) is 0 Å². The van der Waals surface area contributed by atoms with Gasteiger partial charge in [0.05, 0.1) is 11.6 Å². The van der Waals surface area contributed by atoms with Gasteiger partial charge in [-0.15, -0.1) is 0 Å². The third-order valence-corrected chi connectivity index (χ3v) is 2.80. The van der Waals surface area contributed by atoms with Gasteiger partial charge in [-0.25, -0.2) is 0 Å². The maximum absolute atomic E-state index is 10.6. The minimum Gasteiger partial charge on any atom is -0.376 e. The van der Waals surface area contributed by atoms with Gasteiger partial charge in [0.25, 0.3) is 0 Å². The summed E-state index contributed by atoms with van der Waals surface area (Å²) in [4.78, 5) is 10.6. The van der Waals surface area contributed by atoms with E-state index in [1.54, 1.807) is 0 Å². The van der Waals surface area contributed by atoms with Crippen LogP contribution in [-0.2, 0) is 9.53 Å². The molecule has 2 aliphatic heterocycles. The maximum atomic E-state index is 10.6. The van der Waals surface area contributed by atoms with Crippen LogP contribution in [0.1, 0.15) is 13.8 Å². The zero-order chi connectivity index (χ0) is 8.93. The summed E-state index contributed by atoms with van der Waals surface area (Å²) in [7, 11) is 0. The standard InChI is InChI=1S/C8H13NO3/c1-8(2)5-4(3-10)9-7(11)6(5)12-8/h3-7,9,11H,1-2H3/t4-,5-,6-,7?/m1/s1. The number of fused-ring (bicyclic) bond motifs is 1. The van der Waals surface area contributed by atoms with Gasteiger partial charge in [-0.3, -0.25) is 5.32 Å². The van der Waals surface area contributed by atoms with E-state index in [1.807, 2.05) is 13.8 Å². The monoisotopic (exact) mass is 171 g/mol. The summed E-state index contributed by atoms with van der Waals surface area (Å²) in [6.45, 7) is 3.87. The van der Waals surface area contributed by atoms with E-state index in [9.17, 15) is 9.90 Å². The van der Waals surface area contributed by atoms with E-state index in [2.05, 4.69) is 5.32 Å². The Morgan fingerprint density at radius 1 is 1.58 bits per heavy atom. The molecular formula is C8H13NO3. The number of nitrogens with one attached hydrogen (secondary N) is 1. The minimum absolute atomic E-state index is 0.116. The average Bonchev–Trinajstić information content (AvgIpc) is 2.24. The van der Waals surface area contributed by atoms with Crippen LogP contribution in [-0.4, -0.2) is 35.4 Å². The number of rotatable bonds is 1. The molecule has 0 aliphatic carbocycles. The largest absolute Gasteiger partial charge is 0.376 e. The smallest absolute Gasteiger partial charge is 0.137 e. The Morgan fingerprint density at radius 3 is 2.67 bits per heavy atom. The van der Waals surface area contributed by atoms with Gasteiger partial charge in [0.1, 0.15) is 18.6 Å². The van der Waals surface area contributed by atoms with Gasteiger partial charge in [0.2, 0.25) is 0 Å². The number of carbonyl (C=O) groups excluding carboxylic acids is 1. The molecule has 0 aromatic heterocycles. The summed E-state index contributed by atoms with van der Waals surface area (Å²) in [5.74, 6) is 0.116. The topological polar surface area (TPSA) is 58.6 Å².